The highest BCUT2D eigenvalue weighted by Gasteiger charge is 2.28. The summed E-state index contributed by atoms with van der Waals surface area (Å²) in [5.41, 5.74) is 0.225. The SMILES string of the molecule is C=CC(=O)CCC(C(=O)C(=C)C)C(N=C=O)N=C=O. The van der Waals surface area contributed by atoms with Gasteiger partial charge in [-0.3, -0.25) is 9.59 Å². The van der Waals surface area contributed by atoms with Crippen molar-refractivity contribution < 1.29 is 19.2 Å². The molecule has 0 fully saturated rings. The Morgan fingerprint density at radius 2 is 1.79 bits per heavy atom. The monoisotopic (exact) mass is 262 g/mol. The number of carbonyl (C=O) groups excluding carboxylic acids is 4. The van der Waals surface area contributed by atoms with Crippen molar-refractivity contribution in [3.63, 3.8) is 0 Å². The normalized spacial score (nSPS) is 12.3. The summed E-state index contributed by atoms with van der Waals surface area (Å²) in [4.78, 5) is 50.2. The van der Waals surface area contributed by atoms with E-state index in [1.54, 1.807) is 0 Å². The predicted molar refractivity (Wildman–Crippen MR) is 67.8 cm³/mol. The quantitative estimate of drug-likeness (QED) is 0.355. The third-order valence-corrected chi connectivity index (χ3v) is 2.42. The van der Waals surface area contributed by atoms with Crippen LogP contribution in [0.25, 0.3) is 0 Å². The molecule has 0 aromatic rings. The van der Waals surface area contributed by atoms with Crippen molar-refractivity contribution in [1.82, 2.24) is 0 Å². The summed E-state index contributed by atoms with van der Waals surface area (Å²) < 4.78 is 0. The topological polar surface area (TPSA) is 93.0 Å². The molecule has 0 radical (unpaired) electrons. The predicted octanol–water partition coefficient (Wildman–Crippen LogP) is 1.28. The number of ketones is 2. The van der Waals surface area contributed by atoms with Crippen LogP contribution in [0.5, 0.6) is 0 Å². The maximum Gasteiger partial charge on any atom is 0.237 e. The van der Waals surface area contributed by atoms with E-state index in [1.807, 2.05) is 0 Å². The van der Waals surface area contributed by atoms with Gasteiger partial charge in [0.1, 0.15) is 0 Å². The van der Waals surface area contributed by atoms with Gasteiger partial charge in [-0.2, -0.15) is 9.98 Å². The lowest BCUT2D eigenvalue weighted by molar-refractivity contribution is -0.120. The van der Waals surface area contributed by atoms with Gasteiger partial charge >= 0.3 is 0 Å². The molecule has 0 aromatic carbocycles. The number of allylic oxidation sites excluding steroid dienone is 2. The molecule has 0 rings (SSSR count). The third-order valence-electron chi connectivity index (χ3n) is 2.42. The summed E-state index contributed by atoms with van der Waals surface area (Å²) in [6.45, 7) is 8.29. The number of isocyanates is 2. The van der Waals surface area contributed by atoms with Crippen LogP contribution in [0.2, 0.25) is 0 Å². The van der Waals surface area contributed by atoms with Crippen molar-refractivity contribution in [2.45, 2.75) is 25.9 Å². The number of Topliss-reactive ketones (excluding diaryl/α,β-unsaturated/α-hetero) is 1. The first-order valence-electron chi connectivity index (χ1n) is 5.46. The maximum atomic E-state index is 11.9. The molecule has 0 amide bonds. The summed E-state index contributed by atoms with van der Waals surface area (Å²) in [6.07, 6.45) is 2.51. The zero-order chi connectivity index (χ0) is 14.8. The molecule has 0 spiro atoms. The summed E-state index contributed by atoms with van der Waals surface area (Å²) in [7, 11) is 0. The Morgan fingerprint density at radius 1 is 1.26 bits per heavy atom. The molecule has 0 aliphatic heterocycles. The molecule has 0 heterocycles. The van der Waals surface area contributed by atoms with Crippen molar-refractivity contribution in [3.8, 4) is 0 Å². The van der Waals surface area contributed by atoms with Crippen LogP contribution in [0.3, 0.4) is 0 Å². The van der Waals surface area contributed by atoms with Crippen LogP contribution in [-0.4, -0.2) is 29.9 Å². The molecule has 0 bridgehead atoms. The summed E-state index contributed by atoms with van der Waals surface area (Å²) in [6, 6.07) is 0. The number of carbonyl (C=O) groups is 2. The van der Waals surface area contributed by atoms with Gasteiger partial charge < -0.3 is 0 Å². The van der Waals surface area contributed by atoms with E-state index in [2.05, 4.69) is 23.1 Å². The number of nitrogens with zero attached hydrogens (tertiary/aromatic N) is 2. The van der Waals surface area contributed by atoms with E-state index in [0.29, 0.717) is 0 Å². The molecule has 0 N–H and O–H groups in total. The fraction of sp³-hybridized carbons (Fsp3) is 0.385. The number of hydrogen-bond donors (Lipinski definition) is 0. The standard InChI is InChI=1S/C13H14N2O4/c1-4-10(18)5-6-11(12(19)9(2)3)13(14-7-16)15-8-17/h4,11,13H,1-2,5-6H2,3H3. The Bertz CT molecular complexity index is 465. The fourth-order valence-electron chi connectivity index (χ4n) is 1.45. The van der Waals surface area contributed by atoms with Gasteiger partial charge in [0, 0.05) is 6.42 Å². The molecule has 0 aliphatic rings. The van der Waals surface area contributed by atoms with Crippen LogP contribution < -0.4 is 0 Å². The average Bonchev–Trinajstić information content (AvgIpc) is 2.38. The Balaban J connectivity index is 5.22. The second-order valence-corrected chi connectivity index (χ2v) is 3.81. The van der Waals surface area contributed by atoms with Gasteiger partial charge in [0.05, 0.1) is 5.92 Å². The zero-order valence-corrected chi connectivity index (χ0v) is 10.6. The van der Waals surface area contributed by atoms with Crippen LogP contribution in [0.1, 0.15) is 19.8 Å². The molecule has 0 aliphatic carbocycles. The van der Waals surface area contributed by atoms with Crippen molar-refractivity contribution in [1.29, 1.82) is 0 Å². The van der Waals surface area contributed by atoms with Crippen LogP contribution in [0.4, 0.5) is 0 Å². The van der Waals surface area contributed by atoms with Gasteiger partial charge in [0.2, 0.25) is 12.2 Å². The fourth-order valence-corrected chi connectivity index (χ4v) is 1.45. The minimum absolute atomic E-state index is 0.0342. The second-order valence-electron chi connectivity index (χ2n) is 3.81. The number of rotatable bonds is 9. The van der Waals surface area contributed by atoms with E-state index in [1.165, 1.54) is 19.1 Å². The highest BCUT2D eigenvalue weighted by molar-refractivity contribution is 5.97. The lowest BCUT2D eigenvalue weighted by Crippen LogP contribution is -2.27. The molecule has 6 heteroatoms. The van der Waals surface area contributed by atoms with E-state index >= 15 is 0 Å². The Kier molecular flexibility index (Phi) is 7.54. The highest BCUT2D eigenvalue weighted by Crippen LogP contribution is 2.20. The zero-order valence-electron chi connectivity index (χ0n) is 10.6. The van der Waals surface area contributed by atoms with Crippen molar-refractivity contribution in [2.24, 2.45) is 15.9 Å². The van der Waals surface area contributed by atoms with Crippen LogP contribution in [-0.2, 0) is 19.2 Å². The molecular formula is C13H14N2O4. The largest absolute Gasteiger partial charge is 0.295 e. The van der Waals surface area contributed by atoms with Gasteiger partial charge in [0.15, 0.2) is 17.7 Å². The van der Waals surface area contributed by atoms with Gasteiger partial charge in [0.25, 0.3) is 0 Å². The van der Waals surface area contributed by atoms with Crippen LogP contribution in [0, 0.1) is 5.92 Å². The first-order valence-corrected chi connectivity index (χ1v) is 5.46. The van der Waals surface area contributed by atoms with Crippen molar-refractivity contribution in [2.75, 3.05) is 0 Å². The maximum absolute atomic E-state index is 11.9. The molecular weight excluding hydrogens is 248 g/mol. The third kappa shape index (κ3) is 5.64. The average molecular weight is 262 g/mol. The Morgan fingerprint density at radius 3 is 2.16 bits per heavy atom. The molecule has 1 unspecified atom stereocenters. The van der Waals surface area contributed by atoms with Crippen molar-refractivity contribution in [3.05, 3.63) is 24.8 Å². The summed E-state index contributed by atoms with van der Waals surface area (Å²) in [5.74, 6) is -1.59. The first kappa shape index (κ1) is 16.6. The second kappa shape index (κ2) is 8.64. The highest BCUT2D eigenvalue weighted by atomic mass is 16.1. The molecule has 0 saturated heterocycles. The summed E-state index contributed by atoms with van der Waals surface area (Å²) >= 11 is 0. The Hall–Kier alpha value is -2.42. The molecule has 0 saturated carbocycles. The van der Waals surface area contributed by atoms with Gasteiger partial charge in [-0.15, -0.1) is 0 Å². The molecule has 19 heavy (non-hydrogen) atoms. The van der Waals surface area contributed by atoms with E-state index in [0.717, 1.165) is 6.08 Å². The molecule has 100 valence electrons. The summed E-state index contributed by atoms with van der Waals surface area (Å²) in [5, 5.41) is 0. The van der Waals surface area contributed by atoms with Crippen LogP contribution >= 0.6 is 0 Å². The molecule has 0 aromatic heterocycles. The molecule has 6 nitrogen and oxygen atoms in total. The van der Waals surface area contributed by atoms with Gasteiger partial charge in [-0.25, -0.2) is 9.59 Å². The minimum atomic E-state index is -1.23. The smallest absolute Gasteiger partial charge is 0.237 e. The van der Waals surface area contributed by atoms with E-state index in [9.17, 15) is 19.2 Å². The number of hydrogen-bond acceptors (Lipinski definition) is 6. The lowest BCUT2D eigenvalue weighted by Gasteiger charge is -2.17. The first-order chi connectivity index (χ1) is 8.97. The van der Waals surface area contributed by atoms with Gasteiger partial charge in [-0.1, -0.05) is 13.2 Å². The van der Waals surface area contributed by atoms with Crippen LogP contribution in [0.15, 0.2) is 34.8 Å². The lowest BCUT2D eigenvalue weighted by atomic mass is 9.91. The van der Waals surface area contributed by atoms with E-state index in [4.69, 9.17) is 0 Å². The minimum Gasteiger partial charge on any atom is -0.295 e. The van der Waals surface area contributed by atoms with E-state index < -0.39 is 17.9 Å². The molecule has 1 atom stereocenters. The van der Waals surface area contributed by atoms with Gasteiger partial charge in [-0.05, 0) is 25.0 Å². The Labute approximate surface area is 110 Å². The number of aliphatic imine (C=N–C) groups is 2. The van der Waals surface area contributed by atoms with E-state index in [-0.39, 0.29) is 24.2 Å². The van der Waals surface area contributed by atoms with Crippen molar-refractivity contribution >= 4 is 23.7 Å².